The highest BCUT2D eigenvalue weighted by atomic mass is 19.4. The first-order valence-electron chi connectivity index (χ1n) is 9.78. The highest BCUT2D eigenvalue weighted by Gasteiger charge is 2.30. The van der Waals surface area contributed by atoms with E-state index in [0.29, 0.717) is 28.7 Å². The van der Waals surface area contributed by atoms with E-state index in [2.05, 4.69) is 15.6 Å². The summed E-state index contributed by atoms with van der Waals surface area (Å²) in [6, 6.07) is 6.71. The normalized spacial score (nSPS) is 12.5. The van der Waals surface area contributed by atoms with Crippen LogP contribution in [0.15, 0.2) is 36.5 Å². The first kappa shape index (κ1) is 23.1. The predicted molar refractivity (Wildman–Crippen MR) is 115 cm³/mol. The molecule has 0 aliphatic heterocycles. The van der Waals surface area contributed by atoms with Gasteiger partial charge in [0, 0.05) is 25.4 Å². The summed E-state index contributed by atoms with van der Waals surface area (Å²) in [4.78, 5) is 28.3. The third kappa shape index (κ3) is 4.84. The molecule has 0 bridgehead atoms. The summed E-state index contributed by atoms with van der Waals surface area (Å²) in [7, 11) is 2.88. The number of aryl methyl sites for hydroxylation is 1. The second-order valence-electron chi connectivity index (χ2n) is 7.50. The molecule has 3 rings (SSSR count). The second-order valence-corrected chi connectivity index (χ2v) is 7.50. The largest absolute Gasteiger partial charge is 0.464 e. The van der Waals surface area contributed by atoms with Crippen LogP contribution in [0.5, 0.6) is 0 Å². The molecule has 10 heteroatoms. The molecule has 0 fully saturated rings. The average Bonchev–Trinajstić information content (AvgIpc) is 2.97. The Labute approximate surface area is 182 Å². The van der Waals surface area contributed by atoms with Gasteiger partial charge < -0.3 is 19.9 Å². The Morgan fingerprint density at radius 1 is 1.25 bits per heavy atom. The maximum atomic E-state index is 13.0. The molecule has 1 atom stereocenters. The molecule has 0 saturated heterocycles. The number of carbonyl (C=O) groups is 2. The van der Waals surface area contributed by atoms with Crippen molar-refractivity contribution >= 4 is 34.3 Å². The summed E-state index contributed by atoms with van der Waals surface area (Å²) in [5.41, 5.74) is 1.34. The Balaban J connectivity index is 1.90. The number of nitrogens with zero attached hydrogens (tertiary/aromatic N) is 2. The van der Waals surface area contributed by atoms with E-state index < -0.39 is 17.7 Å². The fourth-order valence-corrected chi connectivity index (χ4v) is 3.59. The number of fused-ring (bicyclic) bond motifs is 1. The number of ether oxygens (including phenoxy) is 1. The van der Waals surface area contributed by atoms with Crippen molar-refractivity contribution in [2.45, 2.75) is 32.5 Å². The van der Waals surface area contributed by atoms with Crippen LogP contribution in [0.25, 0.3) is 11.0 Å². The Morgan fingerprint density at radius 3 is 2.59 bits per heavy atom. The number of hydrogen-bond donors (Lipinski definition) is 2. The van der Waals surface area contributed by atoms with E-state index in [1.807, 2.05) is 6.92 Å². The van der Waals surface area contributed by atoms with Crippen LogP contribution in [0.4, 0.5) is 24.5 Å². The number of amides is 1. The van der Waals surface area contributed by atoms with E-state index in [9.17, 15) is 22.8 Å². The summed E-state index contributed by atoms with van der Waals surface area (Å²) >= 11 is 0. The zero-order valence-corrected chi connectivity index (χ0v) is 18.0. The maximum Gasteiger partial charge on any atom is 0.416 e. The van der Waals surface area contributed by atoms with E-state index in [0.717, 1.165) is 12.1 Å². The summed E-state index contributed by atoms with van der Waals surface area (Å²) < 4.78 is 45.2. The van der Waals surface area contributed by atoms with Crippen molar-refractivity contribution in [3.8, 4) is 0 Å². The molecule has 2 N–H and O–H groups in total. The quantitative estimate of drug-likeness (QED) is 0.547. The lowest BCUT2D eigenvalue weighted by atomic mass is 10.0. The number of hydrogen-bond acceptors (Lipinski definition) is 5. The van der Waals surface area contributed by atoms with Gasteiger partial charge in [-0.3, -0.25) is 4.79 Å². The second kappa shape index (κ2) is 8.89. The molecule has 0 aliphatic carbocycles. The summed E-state index contributed by atoms with van der Waals surface area (Å²) in [5, 5.41) is 6.40. The van der Waals surface area contributed by atoms with E-state index in [4.69, 9.17) is 4.74 Å². The van der Waals surface area contributed by atoms with Crippen LogP contribution >= 0.6 is 0 Å². The lowest BCUT2D eigenvalue weighted by Crippen LogP contribution is -2.18. The predicted octanol–water partition coefficient (Wildman–Crippen LogP) is 4.38. The minimum absolute atomic E-state index is 0.152. The highest BCUT2D eigenvalue weighted by molar-refractivity contribution is 6.10. The number of alkyl halides is 3. The van der Waals surface area contributed by atoms with Crippen LogP contribution in [-0.4, -0.2) is 34.6 Å². The zero-order chi connectivity index (χ0) is 23.6. The van der Waals surface area contributed by atoms with Gasteiger partial charge in [0.05, 0.1) is 30.2 Å². The van der Waals surface area contributed by atoms with Crippen molar-refractivity contribution in [2.24, 2.45) is 7.05 Å². The first-order valence-corrected chi connectivity index (χ1v) is 9.78. The molecule has 0 radical (unpaired) electrons. The van der Waals surface area contributed by atoms with Gasteiger partial charge in [0.2, 0.25) is 5.91 Å². The third-order valence-electron chi connectivity index (χ3n) is 4.91. The Hall–Kier alpha value is -3.56. The molecule has 1 aromatic carbocycles. The molecule has 2 heterocycles. The van der Waals surface area contributed by atoms with E-state index in [1.54, 1.807) is 25.4 Å². The van der Waals surface area contributed by atoms with E-state index >= 15 is 0 Å². The molecule has 32 heavy (non-hydrogen) atoms. The number of rotatable bonds is 6. The van der Waals surface area contributed by atoms with Gasteiger partial charge in [-0.1, -0.05) is 18.2 Å². The van der Waals surface area contributed by atoms with E-state index in [-0.39, 0.29) is 23.3 Å². The molecule has 2 aromatic heterocycles. The lowest BCUT2D eigenvalue weighted by molar-refractivity contribution is -0.137. The highest BCUT2D eigenvalue weighted by Crippen LogP contribution is 2.32. The summed E-state index contributed by atoms with van der Waals surface area (Å²) in [6.07, 6.45) is -2.49. The molecule has 0 saturated carbocycles. The molecule has 0 spiro atoms. The monoisotopic (exact) mass is 448 g/mol. The molecule has 0 aliphatic rings. The first-order chi connectivity index (χ1) is 15.0. The van der Waals surface area contributed by atoms with E-state index in [1.165, 1.54) is 24.7 Å². The average molecular weight is 448 g/mol. The smallest absolute Gasteiger partial charge is 0.416 e. The molecule has 7 nitrogen and oxygen atoms in total. The molecule has 1 unspecified atom stereocenters. The standard InChI is InChI=1S/C22H23F3N4O3/c1-12(8-14-6-5-7-15(9-14)22(23,24)25)27-16-10-17-18(28-13(2)30)19(21(31)32-4)29(3)20(17)26-11-16/h5-7,9-12,27H,8H2,1-4H3,(H,28,30). The van der Waals surface area contributed by atoms with Gasteiger partial charge >= 0.3 is 12.1 Å². The van der Waals surface area contributed by atoms with Crippen LogP contribution in [0, 0.1) is 0 Å². The Morgan fingerprint density at radius 2 is 1.97 bits per heavy atom. The van der Waals surface area contributed by atoms with Crippen LogP contribution in [0.3, 0.4) is 0 Å². The van der Waals surface area contributed by atoms with Gasteiger partial charge in [-0.15, -0.1) is 0 Å². The molecule has 3 aromatic rings. The van der Waals surface area contributed by atoms with Crippen LogP contribution in [0.1, 0.15) is 35.5 Å². The van der Waals surface area contributed by atoms with Crippen molar-refractivity contribution in [1.29, 1.82) is 0 Å². The SMILES string of the molecule is COC(=O)c1c(NC(C)=O)c2cc(NC(C)Cc3cccc(C(F)(F)F)c3)cnc2n1C. The molecule has 1 amide bonds. The van der Waals surface area contributed by atoms with Gasteiger partial charge in [-0.05, 0) is 31.0 Å². The third-order valence-corrected chi connectivity index (χ3v) is 4.91. The molecule has 170 valence electrons. The minimum atomic E-state index is -4.40. The Kier molecular flexibility index (Phi) is 6.42. The van der Waals surface area contributed by atoms with Gasteiger partial charge in [-0.2, -0.15) is 13.2 Å². The van der Waals surface area contributed by atoms with Gasteiger partial charge in [0.1, 0.15) is 5.65 Å². The number of aromatic nitrogens is 2. The maximum absolute atomic E-state index is 13.0. The fraction of sp³-hybridized carbons (Fsp3) is 0.318. The van der Waals surface area contributed by atoms with Crippen molar-refractivity contribution in [2.75, 3.05) is 17.7 Å². The summed E-state index contributed by atoms with van der Waals surface area (Å²) in [6.45, 7) is 3.16. The minimum Gasteiger partial charge on any atom is -0.464 e. The number of methoxy groups -OCH3 is 1. The topological polar surface area (TPSA) is 85.2 Å². The van der Waals surface area contributed by atoms with Gasteiger partial charge in [0.15, 0.2) is 5.69 Å². The van der Waals surface area contributed by atoms with Crippen LogP contribution < -0.4 is 10.6 Å². The zero-order valence-electron chi connectivity index (χ0n) is 18.0. The van der Waals surface area contributed by atoms with Crippen molar-refractivity contribution < 1.29 is 27.5 Å². The number of benzene rings is 1. The number of anilines is 2. The van der Waals surface area contributed by atoms with Crippen molar-refractivity contribution in [3.05, 3.63) is 53.3 Å². The van der Waals surface area contributed by atoms with Gasteiger partial charge in [0.25, 0.3) is 0 Å². The number of carbonyl (C=O) groups excluding carboxylic acids is 2. The number of nitrogens with one attached hydrogen (secondary N) is 2. The molecular formula is C22H23F3N4O3. The van der Waals surface area contributed by atoms with Crippen molar-refractivity contribution in [3.63, 3.8) is 0 Å². The Bertz CT molecular complexity index is 1170. The van der Waals surface area contributed by atoms with Crippen LogP contribution in [-0.2, 0) is 29.2 Å². The number of halogens is 3. The van der Waals surface area contributed by atoms with Crippen LogP contribution in [0.2, 0.25) is 0 Å². The number of esters is 1. The fourth-order valence-electron chi connectivity index (χ4n) is 3.59. The lowest BCUT2D eigenvalue weighted by Gasteiger charge is -2.16. The molecular weight excluding hydrogens is 425 g/mol. The summed E-state index contributed by atoms with van der Waals surface area (Å²) in [5.74, 6) is -0.986. The number of pyridine rings is 1. The van der Waals surface area contributed by atoms with Gasteiger partial charge in [-0.25, -0.2) is 9.78 Å². The van der Waals surface area contributed by atoms with Crippen molar-refractivity contribution in [1.82, 2.24) is 9.55 Å².